The largest absolute Gasteiger partial charge is 0.356 e. The summed E-state index contributed by atoms with van der Waals surface area (Å²) in [5.41, 5.74) is 0. The predicted octanol–water partition coefficient (Wildman–Crippen LogP) is 2.20. The Morgan fingerprint density at radius 1 is 1.47 bits per heavy atom. The molecule has 0 spiro atoms. The second kappa shape index (κ2) is 7.05. The van der Waals surface area contributed by atoms with E-state index in [2.05, 4.69) is 33.1 Å². The van der Waals surface area contributed by atoms with E-state index in [0.717, 1.165) is 25.6 Å². The van der Waals surface area contributed by atoms with E-state index in [1.165, 1.54) is 17.7 Å². The lowest BCUT2D eigenvalue weighted by Crippen LogP contribution is -2.36. The number of aliphatic imine (C=N–C) groups is 1. The molecule has 0 fully saturated rings. The van der Waals surface area contributed by atoms with Crippen LogP contribution in [0.3, 0.4) is 0 Å². The average Bonchev–Trinajstić information content (AvgIpc) is 2.58. The molecule has 5 heteroatoms. The lowest BCUT2D eigenvalue weighted by atomic mass is 10.3. The van der Waals surface area contributed by atoms with Gasteiger partial charge in [-0.25, -0.2) is 0 Å². The molecule has 0 bridgehead atoms. The van der Waals surface area contributed by atoms with Crippen LogP contribution in [-0.2, 0) is 6.54 Å². The third-order valence-electron chi connectivity index (χ3n) is 2.16. The fourth-order valence-electron chi connectivity index (χ4n) is 1.39. The molecule has 0 amide bonds. The molecule has 0 aromatic carbocycles. The van der Waals surface area contributed by atoms with Gasteiger partial charge in [-0.3, -0.25) is 4.99 Å². The molecule has 1 aliphatic rings. The van der Waals surface area contributed by atoms with Gasteiger partial charge < -0.3 is 10.6 Å². The molecule has 0 saturated carbocycles. The number of thiophene rings is 1. The first kappa shape index (κ1) is 12.8. The zero-order chi connectivity index (χ0) is 9.64. The Hall–Kier alpha value is -0.300. The summed E-state index contributed by atoms with van der Waals surface area (Å²) in [4.78, 5) is 5.77. The summed E-state index contributed by atoms with van der Waals surface area (Å²) in [6.07, 6.45) is 2.41. The molecule has 0 radical (unpaired) electrons. The van der Waals surface area contributed by atoms with E-state index in [-0.39, 0.29) is 24.0 Å². The average molecular weight is 337 g/mol. The number of hydrogen-bond donors (Lipinski definition) is 2. The molecule has 1 aromatic heterocycles. The fraction of sp³-hybridized carbons (Fsp3) is 0.500. The van der Waals surface area contributed by atoms with Crippen molar-refractivity contribution in [2.24, 2.45) is 4.99 Å². The van der Waals surface area contributed by atoms with Crippen molar-refractivity contribution in [3.8, 4) is 0 Å². The summed E-state index contributed by atoms with van der Waals surface area (Å²) in [5, 5.41) is 8.70. The summed E-state index contributed by atoms with van der Waals surface area (Å²) < 4.78 is 0. The van der Waals surface area contributed by atoms with Crippen molar-refractivity contribution in [3.63, 3.8) is 0 Å². The van der Waals surface area contributed by atoms with Crippen LogP contribution in [0.2, 0.25) is 0 Å². The second-order valence-corrected chi connectivity index (χ2v) is 4.33. The highest BCUT2D eigenvalue weighted by Gasteiger charge is 2.02. The van der Waals surface area contributed by atoms with Gasteiger partial charge >= 0.3 is 0 Å². The van der Waals surface area contributed by atoms with Crippen molar-refractivity contribution in [1.29, 1.82) is 0 Å². The van der Waals surface area contributed by atoms with Crippen LogP contribution in [0.25, 0.3) is 0 Å². The Morgan fingerprint density at radius 3 is 3.20 bits per heavy atom. The minimum Gasteiger partial charge on any atom is -0.356 e. The van der Waals surface area contributed by atoms with Gasteiger partial charge in [-0.1, -0.05) is 6.07 Å². The number of nitrogens with one attached hydrogen (secondary N) is 2. The molecule has 0 aliphatic carbocycles. The molecule has 0 saturated heterocycles. The molecule has 2 N–H and O–H groups in total. The molecule has 0 atom stereocenters. The number of nitrogens with zero attached hydrogens (tertiary/aromatic N) is 1. The van der Waals surface area contributed by atoms with Gasteiger partial charge in [0.1, 0.15) is 0 Å². The number of rotatable bonds is 2. The van der Waals surface area contributed by atoms with Gasteiger partial charge in [0.25, 0.3) is 0 Å². The van der Waals surface area contributed by atoms with Crippen LogP contribution in [0.5, 0.6) is 0 Å². The number of halogens is 1. The first-order valence-corrected chi connectivity index (χ1v) is 5.88. The summed E-state index contributed by atoms with van der Waals surface area (Å²) >= 11 is 1.77. The smallest absolute Gasteiger partial charge is 0.191 e. The molecule has 2 heterocycles. The third kappa shape index (κ3) is 4.38. The summed E-state index contributed by atoms with van der Waals surface area (Å²) in [7, 11) is 0. The first-order valence-electron chi connectivity index (χ1n) is 5.00. The van der Waals surface area contributed by atoms with Crippen LogP contribution in [0.15, 0.2) is 22.5 Å². The van der Waals surface area contributed by atoms with Crippen LogP contribution in [0.4, 0.5) is 0 Å². The van der Waals surface area contributed by atoms with Crippen molar-refractivity contribution >= 4 is 41.3 Å². The Labute approximate surface area is 111 Å². The van der Waals surface area contributed by atoms with Crippen LogP contribution in [0, 0.1) is 0 Å². The van der Waals surface area contributed by atoms with Crippen LogP contribution >= 0.6 is 35.3 Å². The van der Waals surface area contributed by atoms with Crippen molar-refractivity contribution in [3.05, 3.63) is 22.4 Å². The summed E-state index contributed by atoms with van der Waals surface area (Å²) in [6, 6.07) is 4.21. The third-order valence-corrected chi connectivity index (χ3v) is 3.03. The van der Waals surface area contributed by atoms with E-state index in [4.69, 9.17) is 0 Å². The van der Waals surface area contributed by atoms with Crippen molar-refractivity contribution < 1.29 is 0 Å². The highest BCUT2D eigenvalue weighted by atomic mass is 127. The SMILES string of the molecule is I.c1csc(CNC2=NCCCCN2)c1. The Morgan fingerprint density at radius 2 is 2.40 bits per heavy atom. The van der Waals surface area contributed by atoms with Gasteiger partial charge in [0, 0.05) is 18.0 Å². The van der Waals surface area contributed by atoms with E-state index in [1.807, 2.05) is 0 Å². The molecule has 1 aromatic rings. The van der Waals surface area contributed by atoms with Gasteiger partial charge in [0.05, 0.1) is 6.54 Å². The second-order valence-electron chi connectivity index (χ2n) is 3.30. The Bertz CT molecular complexity index is 298. The maximum Gasteiger partial charge on any atom is 0.191 e. The van der Waals surface area contributed by atoms with Gasteiger partial charge in [0.15, 0.2) is 5.96 Å². The zero-order valence-electron chi connectivity index (χ0n) is 8.53. The van der Waals surface area contributed by atoms with Crippen molar-refractivity contribution in [2.45, 2.75) is 19.4 Å². The van der Waals surface area contributed by atoms with Crippen molar-refractivity contribution in [1.82, 2.24) is 10.6 Å². The summed E-state index contributed by atoms with van der Waals surface area (Å²) in [6.45, 7) is 2.86. The van der Waals surface area contributed by atoms with Gasteiger partial charge in [-0.05, 0) is 24.3 Å². The zero-order valence-corrected chi connectivity index (χ0v) is 11.7. The lowest BCUT2D eigenvalue weighted by molar-refractivity contribution is 0.743. The van der Waals surface area contributed by atoms with Crippen LogP contribution in [0.1, 0.15) is 17.7 Å². The number of hydrogen-bond acceptors (Lipinski definition) is 4. The highest BCUT2D eigenvalue weighted by molar-refractivity contribution is 14.0. The fourth-order valence-corrected chi connectivity index (χ4v) is 2.04. The normalized spacial score (nSPS) is 15.6. The molecule has 1 aliphatic heterocycles. The lowest BCUT2D eigenvalue weighted by Gasteiger charge is -2.08. The Kier molecular flexibility index (Phi) is 6.00. The van der Waals surface area contributed by atoms with E-state index in [1.54, 1.807) is 11.3 Å². The van der Waals surface area contributed by atoms with E-state index < -0.39 is 0 Å². The van der Waals surface area contributed by atoms with Gasteiger partial charge in [-0.15, -0.1) is 35.3 Å². The molecular formula is C10H16IN3S. The Balaban J connectivity index is 0.00000112. The quantitative estimate of drug-likeness (QED) is 0.812. The molecular weight excluding hydrogens is 321 g/mol. The summed E-state index contributed by atoms with van der Waals surface area (Å²) in [5.74, 6) is 0.955. The molecule has 84 valence electrons. The van der Waals surface area contributed by atoms with E-state index in [0.29, 0.717) is 0 Å². The maximum absolute atomic E-state index is 4.42. The van der Waals surface area contributed by atoms with Gasteiger partial charge in [-0.2, -0.15) is 0 Å². The predicted molar refractivity (Wildman–Crippen MR) is 76.1 cm³/mol. The van der Waals surface area contributed by atoms with Crippen LogP contribution in [-0.4, -0.2) is 19.0 Å². The van der Waals surface area contributed by atoms with Crippen molar-refractivity contribution in [2.75, 3.05) is 13.1 Å². The number of guanidine groups is 1. The van der Waals surface area contributed by atoms with E-state index >= 15 is 0 Å². The monoisotopic (exact) mass is 337 g/mol. The molecule has 2 rings (SSSR count). The minimum atomic E-state index is 0. The standard InChI is InChI=1S/C10H15N3S.HI/c1-2-6-12-10(11-5-1)13-8-9-4-3-7-14-9;/h3-4,7H,1-2,5-6,8H2,(H2,11,12,13);1H. The topological polar surface area (TPSA) is 36.4 Å². The van der Waals surface area contributed by atoms with Crippen LogP contribution < -0.4 is 10.6 Å². The first-order chi connectivity index (χ1) is 6.95. The van der Waals surface area contributed by atoms with Gasteiger partial charge in [0.2, 0.25) is 0 Å². The maximum atomic E-state index is 4.42. The molecule has 3 nitrogen and oxygen atoms in total. The highest BCUT2D eigenvalue weighted by Crippen LogP contribution is 2.07. The van der Waals surface area contributed by atoms with E-state index in [9.17, 15) is 0 Å². The minimum absolute atomic E-state index is 0. The molecule has 0 unspecified atom stereocenters. The molecule has 15 heavy (non-hydrogen) atoms.